The van der Waals surface area contributed by atoms with Crippen molar-refractivity contribution in [2.45, 2.75) is 359 Å². The molecule has 0 aliphatic heterocycles. The first-order valence-corrected chi connectivity index (χ1v) is 32.6. The molecule has 0 aromatic rings. The van der Waals surface area contributed by atoms with E-state index in [1.54, 1.807) is 0 Å². The molecule has 0 aliphatic rings. The average molecular weight is 995 g/mol. The Labute approximate surface area is 419 Å². The van der Waals surface area contributed by atoms with Gasteiger partial charge in [0.25, 0.3) is 0 Å². The second kappa shape index (κ2) is 50.1. The van der Waals surface area contributed by atoms with Crippen molar-refractivity contribution in [2.24, 2.45) is 0 Å². The van der Waals surface area contributed by atoms with Crippen LogP contribution in [0.1, 0.15) is 348 Å². The lowest BCUT2D eigenvalue weighted by Gasteiger charge is -2.44. The van der Waals surface area contributed by atoms with Gasteiger partial charge >= 0.3 is 16.8 Å². The summed E-state index contributed by atoms with van der Waals surface area (Å²) in [6.07, 6.45) is 60.5. The van der Waals surface area contributed by atoms with Gasteiger partial charge in [-0.2, -0.15) is 9.79 Å². The highest BCUT2D eigenvalue weighted by Gasteiger charge is 2.60. The maximum absolute atomic E-state index is 12.4. The fourth-order valence-electron chi connectivity index (χ4n) is 10.4. The minimum atomic E-state index is -4.73. The van der Waals surface area contributed by atoms with Crippen LogP contribution in [0.5, 0.6) is 0 Å². The summed E-state index contributed by atoms with van der Waals surface area (Å²) < 4.78 is 10.9. The highest BCUT2D eigenvalue weighted by molar-refractivity contribution is 7.62. The molecule has 10 heteroatoms. The molecule has 0 aromatic heterocycles. The van der Waals surface area contributed by atoms with E-state index in [0.29, 0.717) is 32.1 Å². The fourth-order valence-corrected chi connectivity index (χ4v) is 12.1. The molecule has 0 rings (SSSR count). The van der Waals surface area contributed by atoms with E-state index >= 15 is 0 Å². The van der Waals surface area contributed by atoms with Crippen LogP contribution < -0.4 is 0 Å². The third-order valence-electron chi connectivity index (χ3n) is 14.9. The molecular formula is C57H119O8P2+. The van der Waals surface area contributed by atoms with Crippen LogP contribution in [0.3, 0.4) is 0 Å². The first-order valence-electron chi connectivity index (χ1n) is 29.9. The first kappa shape index (κ1) is 67.5. The van der Waals surface area contributed by atoms with E-state index < -0.39 is 34.6 Å². The van der Waals surface area contributed by atoms with Crippen molar-refractivity contribution in [1.82, 2.24) is 0 Å². The Morgan fingerprint density at radius 3 is 0.716 bits per heavy atom. The van der Waals surface area contributed by atoms with Gasteiger partial charge in [-0.3, -0.25) is 0 Å². The lowest BCUT2D eigenvalue weighted by atomic mass is 9.73. The van der Waals surface area contributed by atoms with E-state index in [0.717, 1.165) is 57.8 Å². The quantitative estimate of drug-likeness (QED) is 0.0262. The van der Waals surface area contributed by atoms with Gasteiger partial charge in [-0.15, -0.1) is 4.52 Å². The van der Waals surface area contributed by atoms with Gasteiger partial charge in [0.2, 0.25) is 0 Å². The Kier molecular flexibility index (Phi) is 50.5. The molecule has 0 bridgehead atoms. The molecule has 1 atom stereocenters. The molecule has 67 heavy (non-hydrogen) atoms. The first-order chi connectivity index (χ1) is 32.6. The minimum absolute atomic E-state index is 0.271. The van der Waals surface area contributed by atoms with Crippen molar-refractivity contribution in [3.63, 3.8) is 0 Å². The summed E-state index contributed by atoms with van der Waals surface area (Å²) in [5, 5.41) is 23.4. The van der Waals surface area contributed by atoms with Crippen molar-refractivity contribution in [3.05, 3.63) is 0 Å². The van der Waals surface area contributed by atoms with E-state index in [1.165, 1.54) is 231 Å². The van der Waals surface area contributed by atoms with Crippen molar-refractivity contribution in [3.8, 4) is 0 Å². The summed E-state index contributed by atoms with van der Waals surface area (Å²) in [5.41, 5.74) is -3.23. The van der Waals surface area contributed by atoms with Gasteiger partial charge in [-0.05, 0) is 19.3 Å². The van der Waals surface area contributed by atoms with Crippen LogP contribution in [0, 0.1) is 0 Å². The van der Waals surface area contributed by atoms with Crippen LogP contribution in [0.15, 0.2) is 0 Å². The minimum Gasteiger partial charge on any atom is -0.393 e. The van der Waals surface area contributed by atoms with Crippen LogP contribution in [0.2, 0.25) is 0 Å². The standard InChI is InChI=1S/C57H119O8P2/c1-4-7-10-13-16-19-22-25-28-31-34-37-40-43-46-49-52-56(59,55-58)57(64-67(62,63)65-66(60)61,53-50-47-44-41-38-35-32-29-26-23-20-17-14-11-8-5-2)54-51-48-45-42-39-36-33-30-27-24-21-18-15-12-9-6-3/h58-63H,4-55H2,1-3H3/q+1. The number of aliphatic hydroxyl groups excluding tert-OH is 1. The van der Waals surface area contributed by atoms with E-state index in [-0.39, 0.29) is 6.42 Å². The van der Waals surface area contributed by atoms with Crippen LogP contribution in [0.25, 0.3) is 0 Å². The molecule has 0 fully saturated rings. The molecule has 6 N–H and O–H groups in total. The second-order valence-electron chi connectivity index (χ2n) is 21.3. The molecule has 404 valence electrons. The van der Waals surface area contributed by atoms with Crippen LogP contribution in [-0.2, 0) is 8.83 Å². The summed E-state index contributed by atoms with van der Waals surface area (Å²) in [6.45, 7) is 6.25. The van der Waals surface area contributed by atoms with Crippen molar-refractivity contribution >= 4 is 16.8 Å². The fraction of sp³-hybridized carbons (Fsp3) is 1.00. The number of rotatable bonds is 57. The zero-order valence-electron chi connectivity index (χ0n) is 45.2. The van der Waals surface area contributed by atoms with Gasteiger partial charge in [-0.25, -0.2) is 0 Å². The number of hydrogen-bond donors (Lipinski definition) is 6. The summed E-state index contributed by atoms with van der Waals surface area (Å²) in [6, 6.07) is 0. The monoisotopic (exact) mass is 994 g/mol. The molecule has 1 unspecified atom stereocenters. The van der Waals surface area contributed by atoms with Crippen LogP contribution in [-0.4, -0.2) is 47.6 Å². The highest BCUT2D eigenvalue weighted by atomic mass is 31.3. The van der Waals surface area contributed by atoms with Crippen molar-refractivity contribution in [1.29, 1.82) is 0 Å². The van der Waals surface area contributed by atoms with Crippen LogP contribution in [0.4, 0.5) is 0 Å². The van der Waals surface area contributed by atoms with E-state index in [2.05, 4.69) is 20.8 Å². The maximum Gasteiger partial charge on any atom is 0.578 e. The molecule has 8 nitrogen and oxygen atoms in total. The topological polar surface area (TPSA) is 140 Å². The van der Waals surface area contributed by atoms with Gasteiger partial charge in [-0.1, -0.05) is 333 Å². The van der Waals surface area contributed by atoms with Crippen molar-refractivity contribution in [2.75, 3.05) is 6.61 Å². The Balaban J connectivity index is 5.20. The molecular weight excluding hydrogens is 875 g/mol. The summed E-state index contributed by atoms with van der Waals surface area (Å²) >= 11 is 0. The number of aliphatic hydroxyl groups is 2. The van der Waals surface area contributed by atoms with Gasteiger partial charge in [0.05, 0.1) is 6.61 Å². The van der Waals surface area contributed by atoms with Gasteiger partial charge in [0.15, 0.2) is 5.60 Å². The summed E-state index contributed by atoms with van der Waals surface area (Å²) in [5.74, 6) is 0. The zero-order valence-corrected chi connectivity index (χ0v) is 47.0. The molecule has 0 heterocycles. The molecule has 0 saturated carbocycles. The van der Waals surface area contributed by atoms with Gasteiger partial charge in [0.1, 0.15) is 5.60 Å². The van der Waals surface area contributed by atoms with E-state index in [9.17, 15) is 29.8 Å². The summed E-state index contributed by atoms with van der Waals surface area (Å²) in [4.78, 5) is 41.3. The molecule has 0 amide bonds. The molecule has 0 aromatic carbocycles. The largest absolute Gasteiger partial charge is 0.578 e. The molecule has 0 radical (unpaired) electrons. The normalized spacial score (nSPS) is 13.3. The molecule has 0 saturated heterocycles. The molecule has 0 aliphatic carbocycles. The number of hydrogen-bond acceptors (Lipinski definition) is 8. The Bertz CT molecular complexity index is 938. The van der Waals surface area contributed by atoms with Crippen molar-refractivity contribution < 1.29 is 38.6 Å². The van der Waals surface area contributed by atoms with E-state index in [1.807, 2.05) is 0 Å². The van der Waals surface area contributed by atoms with Gasteiger partial charge < -0.3 is 20.0 Å². The maximum atomic E-state index is 12.4. The Hall–Kier alpha value is 0.540. The predicted octanol–water partition coefficient (Wildman–Crippen LogP) is 19.3. The second-order valence-corrected chi connectivity index (χ2v) is 23.6. The highest BCUT2D eigenvalue weighted by Crippen LogP contribution is 2.65. The lowest BCUT2D eigenvalue weighted by molar-refractivity contribution is -0.181. The Morgan fingerprint density at radius 1 is 0.328 bits per heavy atom. The third-order valence-corrected chi connectivity index (χ3v) is 16.9. The van der Waals surface area contributed by atoms with Gasteiger partial charge in [0, 0.05) is 0 Å². The average Bonchev–Trinajstić information content (AvgIpc) is 3.30. The zero-order chi connectivity index (χ0) is 49.3. The summed E-state index contributed by atoms with van der Waals surface area (Å²) in [7, 11) is -7.83. The lowest BCUT2D eigenvalue weighted by Crippen LogP contribution is -2.58. The third kappa shape index (κ3) is 42.7. The van der Waals surface area contributed by atoms with Crippen LogP contribution >= 0.6 is 16.8 Å². The SMILES string of the molecule is CCCCCCCCCCCCCCCCCCC(O)(CO)C(CCCCCCCCCCCCCCCCCC)(CCCCCCCCCCCCCCCCCC)O[P+](O)(O)OP(O)O. The van der Waals surface area contributed by atoms with E-state index in [4.69, 9.17) is 8.83 Å². The predicted molar refractivity (Wildman–Crippen MR) is 292 cm³/mol. The number of unbranched alkanes of at least 4 members (excludes halogenated alkanes) is 45. The Morgan fingerprint density at radius 2 is 0.522 bits per heavy atom. The molecule has 0 spiro atoms. The smallest absolute Gasteiger partial charge is 0.393 e.